The second-order valence-corrected chi connectivity index (χ2v) is 5.36. The molecule has 0 radical (unpaired) electrons. The summed E-state index contributed by atoms with van der Waals surface area (Å²) in [6, 6.07) is 5.72. The normalized spacial score (nSPS) is 30.1. The minimum atomic E-state index is -1.40. The molecule has 18 heavy (non-hydrogen) atoms. The average Bonchev–Trinajstić information content (AvgIpc) is 2.76. The number of ether oxygens (including phenoxy) is 1. The first-order valence-electron chi connectivity index (χ1n) is 5.92. The first-order chi connectivity index (χ1) is 8.68. The third kappa shape index (κ3) is 1.17. The van der Waals surface area contributed by atoms with Crippen LogP contribution in [0, 0.1) is 0 Å². The summed E-state index contributed by atoms with van der Waals surface area (Å²) in [5.41, 5.74) is 2.90. The quantitative estimate of drug-likeness (QED) is 0.709. The molecule has 1 aromatic heterocycles. The third-order valence-corrected chi connectivity index (χ3v) is 4.20. The van der Waals surface area contributed by atoms with Gasteiger partial charge in [-0.1, -0.05) is 23.7 Å². The van der Waals surface area contributed by atoms with Crippen LogP contribution in [0.2, 0.25) is 0 Å². The maximum Gasteiger partial charge on any atom is 0.273 e. The van der Waals surface area contributed by atoms with E-state index in [2.05, 4.69) is 10.3 Å². The molecule has 3 aliphatic rings. The third-order valence-electron chi connectivity index (χ3n) is 3.71. The number of aromatic amines is 1. The van der Waals surface area contributed by atoms with Gasteiger partial charge in [0.15, 0.2) is 0 Å². The number of fused-ring (bicyclic) bond motifs is 2. The smallest absolute Gasteiger partial charge is 0.273 e. The van der Waals surface area contributed by atoms with Gasteiger partial charge in [-0.25, -0.2) is 0 Å². The van der Waals surface area contributed by atoms with Crippen LogP contribution in [0.4, 0.5) is 0 Å². The molecule has 92 valence electrons. The van der Waals surface area contributed by atoms with Crippen molar-refractivity contribution in [2.75, 3.05) is 6.61 Å². The van der Waals surface area contributed by atoms with Gasteiger partial charge in [-0.2, -0.15) is 0 Å². The summed E-state index contributed by atoms with van der Waals surface area (Å²) in [6.07, 6.45) is 2.75. The van der Waals surface area contributed by atoms with E-state index in [4.69, 9.17) is 16.3 Å². The van der Waals surface area contributed by atoms with Gasteiger partial charge in [-0.3, -0.25) is 4.79 Å². The van der Waals surface area contributed by atoms with Gasteiger partial charge < -0.3 is 15.0 Å². The lowest BCUT2D eigenvalue weighted by Crippen LogP contribution is -2.56. The standard InChI is InChI=1S/C13H11ClN2O2/c14-13-9-2-1-3-10-11(9)7(5-15-10)4-8(6-18-13)16-12(13)17/h1-3,5,8,15H,4,6H2,(H,16,17)/t8-,13-/m0/s1. The Balaban J connectivity index is 2.12. The lowest BCUT2D eigenvalue weighted by Gasteiger charge is -2.37. The predicted octanol–water partition coefficient (Wildman–Crippen LogP) is 1.63. The van der Waals surface area contributed by atoms with Crippen molar-refractivity contribution in [1.82, 2.24) is 10.3 Å². The van der Waals surface area contributed by atoms with Crippen molar-refractivity contribution in [2.45, 2.75) is 17.5 Å². The average molecular weight is 263 g/mol. The molecule has 0 spiro atoms. The Morgan fingerprint density at radius 2 is 2.33 bits per heavy atom. The van der Waals surface area contributed by atoms with Crippen LogP contribution in [-0.4, -0.2) is 23.5 Å². The zero-order valence-electron chi connectivity index (χ0n) is 9.50. The summed E-state index contributed by atoms with van der Waals surface area (Å²) in [6.45, 7) is 0.441. The topological polar surface area (TPSA) is 54.1 Å². The Morgan fingerprint density at radius 3 is 3.17 bits per heavy atom. The first-order valence-corrected chi connectivity index (χ1v) is 6.29. The molecule has 4 nitrogen and oxygen atoms in total. The van der Waals surface area contributed by atoms with Gasteiger partial charge in [0.2, 0.25) is 5.06 Å². The van der Waals surface area contributed by atoms with Crippen molar-refractivity contribution in [3.8, 4) is 0 Å². The zero-order valence-corrected chi connectivity index (χ0v) is 10.3. The SMILES string of the molecule is O=C1N[C@@H]2CO[C@@]1(Cl)c1cccc3[nH]cc(c13)C2. The second-order valence-electron chi connectivity index (χ2n) is 4.82. The molecule has 5 rings (SSSR count). The summed E-state index contributed by atoms with van der Waals surface area (Å²) < 4.78 is 5.64. The Kier molecular flexibility index (Phi) is 1.89. The number of morpholine rings is 1. The largest absolute Gasteiger partial charge is 0.361 e. The van der Waals surface area contributed by atoms with Crippen LogP contribution < -0.4 is 5.32 Å². The summed E-state index contributed by atoms with van der Waals surface area (Å²) in [4.78, 5) is 15.4. The molecule has 0 aliphatic carbocycles. The van der Waals surface area contributed by atoms with Crippen LogP contribution in [0.25, 0.3) is 10.9 Å². The number of aromatic nitrogens is 1. The summed E-state index contributed by atoms with van der Waals surface area (Å²) in [5.74, 6) is -0.264. The fourth-order valence-electron chi connectivity index (χ4n) is 2.86. The van der Waals surface area contributed by atoms with Crippen molar-refractivity contribution in [3.05, 3.63) is 35.5 Å². The van der Waals surface area contributed by atoms with Gasteiger partial charge in [-0.05, 0) is 18.1 Å². The van der Waals surface area contributed by atoms with E-state index in [1.165, 1.54) is 5.56 Å². The molecule has 2 atom stereocenters. The van der Waals surface area contributed by atoms with E-state index in [-0.39, 0.29) is 11.9 Å². The number of hydrogen-bond acceptors (Lipinski definition) is 2. The van der Waals surface area contributed by atoms with Gasteiger partial charge in [0.05, 0.1) is 12.6 Å². The van der Waals surface area contributed by atoms with E-state index in [1.54, 1.807) is 0 Å². The Bertz CT molecular complexity index is 666. The molecule has 1 fully saturated rings. The molecule has 4 heterocycles. The molecule has 2 bridgehead atoms. The molecule has 0 unspecified atom stereocenters. The molecule has 1 aromatic carbocycles. The van der Waals surface area contributed by atoms with E-state index in [1.807, 2.05) is 24.4 Å². The molecular formula is C13H11ClN2O2. The number of halogens is 1. The molecule has 1 amide bonds. The maximum atomic E-state index is 12.1. The van der Waals surface area contributed by atoms with Crippen LogP contribution in [0.1, 0.15) is 11.1 Å². The van der Waals surface area contributed by atoms with E-state index >= 15 is 0 Å². The molecule has 2 N–H and O–H groups in total. The number of carbonyl (C=O) groups excluding carboxylic acids is 1. The van der Waals surface area contributed by atoms with Gasteiger partial charge >= 0.3 is 0 Å². The highest BCUT2D eigenvalue weighted by Gasteiger charge is 2.47. The molecule has 3 aliphatic heterocycles. The second kappa shape index (κ2) is 3.28. The lowest BCUT2D eigenvalue weighted by atomic mass is 9.93. The highest BCUT2D eigenvalue weighted by atomic mass is 35.5. The molecule has 0 saturated carbocycles. The molecule has 2 aromatic rings. The van der Waals surface area contributed by atoms with Gasteiger partial charge in [0, 0.05) is 22.7 Å². The Hall–Kier alpha value is -1.52. The molecule has 1 saturated heterocycles. The number of nitrogens with one attached hydrogen (secondary N) is 2. The highest BCUT2D eigenvalue weighted by molar-refractivity contribution is 6.34. The van der Waals surface area contributed by atoms with E-state index in [9.17, 15) is 4.79 Å². The van der Waals surface area contributed by atoms with E-state index in [0.717, 1.165) is 22.9 Å². The Morgan fingerprint density at radius 1 is 1.44 bits per heavy atom. The van der Waals surface area contributed by atoms with Crippen LogP contribution in [0.5, 0.6) is 0 Å². The van der Waals surface area contributed by atoms with Crippen LogP contribution in [0.15, 0.2) is 24.4 Å². The van der Waals surface area contributed by atoms with Crippen molar-refractivity contribution in [2.24, 2.45) is 0 Å². The monoisotopic (exact) mass is 262 g/mol. The molecule has 5 heteroatoms. The number of H-pyrrole nitrogens is 1. The number of rotatable bonds is 0. The highest BCUT2D eigenvalue weighted by Crippen LogP contribution is 2.41. The van der Waals surface area contributed by atoms with Crippen LogP contribution in [0.3, 0.4) is 0 Å². The summed E-state index contributed by atoms with van der Waals surface area (Å²) >= 11 is 6.43. The number of benzene rings is 1. The fraction of sp³-hybridized carbons (Fsp3) is 0.308. The van der Waals surface area contributed by atoms with Crippen LogP contribution in [-0.2, 0) is 21.0 Å². The van der Waals surface area contributed by atoms with Crippen molar-refractivity contribution in [3.63, 3.8) is 0 Å². The van der Waals surface area contributed by atoms with Crippen molar-refractivity contribution >= 4 is 28.4 Å². The number of hydrogen-bond donors (Lipinski definition) is 2. The van der Waals surface area contributed by atoms with Gasteiger partial charge in [0.25, 0.3) is 5.91 Å². The minimum absolute atomic E-state index is 0.00303. The molecular weight excluding hydrogens is 252 g/mol. The fourth-order valence-corrected chi connectivity index (χ4v) is 3.14. The van der Waals surface area contributed by atoms with Crippen molar-refractivity contribution in [1.29, 1.82) is 0 Å². The number of alkyl halides is 1. The first kappa shape index (κ1) is 10.4. The minimum Gasteiger partial charge on any atom is -0.361 e. The van der Waals surface area contributed by atoms with Crippen LogP contribution >= 0.6 is 11.6 Å². The summed E-state index contributed by atoms with van der Waals surface area (Å²) in [5, 5.41) is 2.55. The number of carbonyl (C=O) groups is 1. The summed E-state index contributed by atoms with van der Waals surface area (Å²) in [7, 11) is 0. The van der Waals surface area contributed by atoms with Crippen molar-refractivity contribution < 1.29 is 9.53 Å². The number of amides is 1. The van der Waals surface area contributed by atoms with E-state index < -0.39 is 5.06 Å². The lowest BCUT2D eigenvalue weighted by molar-refractivity contribution is -0.147. The Labute approximate surface area is 108 Å². The zero-order chi connectivity index (χ0) is 12.3. The van der Waals surface area contributed by atoms with E-state index in [0.29, 0.717) is 6.61 Å². The van der Waals surface area contributed by atoms with Gasteiger partial charge in [0.1, 0.15) is 0 Å². The maximum absolute atomic E-state index is 12.1. The predicted molar refractivity (Wildman–Crippen MR) is 67.4 cm³/mol. The van der Waals surface area contributed by atoms with Gasteiger partial charge in [-0.15, -0.1) is 0 Å².